The number of fused-ring (bicyclic) bond motifs is 1. The lowest BCUT2D eigenvalue weighted by Gasteiger charge is -2.40. The highest BCUT2D eigenvalue weighted by molar-refractivity contribution is 5.91. The van der Waals surface area contributed by atoms with E-state index in [1.165, 1.54) is 18.4 Å². The Hall–Kier alpha value is -2.29. The summed E-state index contributed by atoms with van der Waals surface area (Å²) in [5.41, 5.74) is -0.0416. The van der Waals surface area contributed by atoms with Crippen LogP contribution in [0, 0.1) is 23.5 Å². The van der Waals surface area contributed by atoms with Gasteiger partial charge in [0.15, 0.2) is 5.76 Å². The van der Waals surface area contributed by atoms with Crippen LogP contribution < -0.4 is 0 Å². The van der Waals surface area contributed by atoms with E-state index in [9.17, 15) is 18.7 Å². The fourth-order valence-corrected chi connectivity index (χ4v) is 5.32. The Bertz CT molecular complexity index is 901. The van der Waals surface area contributed by atoms with Crippen LogP contribution in [0.4, 0.5) is 8.78 Å². The molecular formula is C21H22F2N2O4. The first-order valence-corrected chi connectivity index (χ1v) is 9.76. The van der Waals surface area contributed by atoms with Crippen LogP contribution in [0.2, 0.25) is 0 Å². The van der Waals surface area contributed by atoms with Gasteiger partial charge in [-0.3, -0.25) is 9.69 Å². The zero-order valence-corrected chi connectivity index (χ0v) is 15.8. The predicted octanol–water partition coefficient (Wildman–Crippen LogP) is 1.89. The first-order chi connectivity index (χ1) is 14.0. The number of carbonyl (C=O) groups is 1. The quantitative estimate of drug-likeness (QED) is 0.843. The van der Waals surface area contributed by atoms with Gasteiger partial charge in [-0.2, -0.15) is 0 Å². The number of halogens is 2. The number of carbonyl (C=O) groups excluding carboxylic acids is 1. The Kier molecular flexibility index (Phi) is 4.45. The highest BCUT2D eigenvalue weighted by Gasteiger charge is 2.62. The summed E-state index contributed by atoms with van der Waals surface area (Å²) < 4.78 is 38.7. The van der Waals surface area contributed by atoms with Crippen LogP contribution in [0.1, 0.15) is 16.1 Å². The minimum atomic E-state index is -0.602. The number of nitrogens with zero attached hydrogens (tertiary/aromatic N) is 2. The number of amides is 1. The van der Waals surface area contributed by atoms with Crippen molar-refractivity contribution in [1.29, 1.82) is 0 Å². The van der Waals surface area contributed by atoms with Gasteiger partial charge in [0.1, 0.15) is 17.2 Å². The summed E-state index contributed by atoms with van der Waals surface area (Å²) in [5, 5.41) is 9.99. The topological polar surface area (TPSA) is 66.2 Å². The molecule has 4 atom stereocenters. The Labute approximate surface area is 166 Å². The second-order valence-electron chi connectivity index (χ2n) is 8.28. The minimum Gasteiger partial charge on any atom is -0.459 e. The first-order valence-electron chi connectivity index (χ1n) is 9.76. The van der Waals surface area contributed by atoms with E-state index in [1.807, 2.05) is 0 Å². The number of benzene rings is 1. The molecule has 2 bridgehead atoms. The largest absolute Gasteiger partial charge is 0.459 e. The monoisotopic (exact) mass is 404 g/mol. The number of ether oxygens (including phenoxy) is 1. The van der Waals surface area contributed by atoms with Gasteiger partial charge in [0.05, 0.1) is 18.9 Å². The average Bonchev–Trinajstić information content (AvgIpc) is 3.34. The average molecular weight is 404 g/mol. The molecule has 5 rings (SSSR count). The lowest BCUT2D eigenvalue weighted by Crippen LogP contribution is -2.55. The lowest BCUT2D eigenvalue weighted by atomic mass is 9.83. The highest BCUT2D eigenvalue weighted by atomic mass is 19.1. The zero-order valence-electron chi connectivity index (χ0n) is 15.8. The van der Waals surface area contributed by atoms with E-state index in [0.29, 0.717) is 38.3 Å². The third-order valence-corrected chi connectivity index (χ3v) is 6.42. The van der Waals surface area contributed by atoms with Crippen molar-refractivity contribution < 1.29 is 27.8 Å². The molecule has 29 heavy (non-hydrogen) atoms. The second-order valence-corrected chi connectivity index (χ2v) is 8.28. The molecule has 3 fully saturated rings. The van der Waals surface area contributed by atoms with Gasteiger partial charge in [-0.05, 0) is 29.8 Å². The molecule has 2 aromatic rings. The molecule has 1 aromatic heterocycles. The molecule has 3 aliphatic heterocycles. The molecule has 1 N–H and O–H groups in total. The normalized spacial score (nSPS) is 31.3. The predicted molar refractivity (Wildman–Crippen MR) is 97.9 cm³/mol. The SMILES string of the molecule is O=C(c1ccco1)N1C[C@H]2O[C@@]3(CN(Cc4cc(F)cc(F)c4)C[C@@H]3[C@@H]2CO)C1. The van der Waals surface area contributed by atoms with Gasteiger partial charge >= 0.3 is 0 Å². The number of morpholine rings is 1. The molecule has 3 aliphatic rings. The van der Waals surface area contributed by atoms with Crippen molar-refractivity contribution in [3.05, 3.63) is 59.6 Å². The van der Waals surface area contributed by atoms with Crippen molar-refractivity contribution in [2.24, 2.45) is 11.8 Å². The Morgan fingerprint density at radius 1 is 1.21 bits per heavy atom. The van der Waals surface area contributed by atoms with Crippen molar-refractivity contribution in [3.8, 4) is 0 Å². The summed E-state index contributed by atoms with van der Waals surface area (Å²) in [4.78, 5) is 16.6. The maximum Gasteiger partial charge on any atom is 0.289 e. The molecule has 8 heteroatoms. The number of aliphatic hydroxyl groups is 1. The van der Waals surface area contributed by atoms with E-state index >= 15 is 0 Å². The number of aliphatic hydroxyl groups excluding tert-OH is 1. The molecule has 4 heterocycles. The van der Waals surface area contributed by atoms with Crippen LogP contribution in [0.3, 0.4) is 0 Å². The summed E-state index contributed by atoms with van der Waals surface area (Å²) in [6, 6.07) is 6.83. The van der Waals surface area contributed by atoms with Crippen molar-refractivity contribution in [3.63, 3.8) is 0 Å². The molecule has 3 saturated heterocycles. The molecule has 0 radical (unpaired) electrons. The Morgan fingerprint density at radius 3 is 2.69 bits per heavy atom. The highest BCUT2D eigenvalue weighted by Crippen LogP contribution is 2.49. The van der Waals surface area contributed by atoms with Crippen LogP contribution in [0.5, 0.6) is 0 Å². The maximum atomic E-state index is 13.6. The number of rotatable bonds is 4. The molecule has 1 spiro atoms. The standard InChI is InChI=1S/C21H22F2N2O4/c22-14-4-13(5-15(23)6-14)7-24-8-17-16(10-26)19-9-25(12-21(17,11-24)29-19)20(27)18-2-1-3-28-18/h1-6,16-17,19,26H,7-12H2/t16-,17+,19+,21-/m0/s1. The van der Waals surface area contributed by atoms with Gasteiger partial charge < -0.3 is 19.2 Å². The fraction of sp³-hybridized carbons (Fsp3) is 0.476. The van der Waals surface area contributed by atoms with Gasteiger partial charge in [0, 0.05) is 50.7 Å². The molecule has 1 amide bonds. The molecule has 0 aliphatic carbocycles. The van der Waals surface area contributed by atoms with Gasteiger partial charge in [0.25, 0.3) is 5.91 Å². The Morgan fingerprint density at radius 2 is 2.00 bits per heavy atom. The van der Waals surface area contributed by atoms with E-state index in [0.717, 1.165) is 6.07 Å². The van der Waals surface area contributed by atoms with E-state index in [-0.39, 0.29) is 36.2 Å². The van der Waals surface area contributed by atoms with Crippen molar-refractivity contribution in [2.45, 2.75) is 18.2 Å². The number of hydrogen-bond donors (Lipinski definition) is 1. The van der Waals surface area contributed by atoms with E-state index in [4.69, 9.17) is 9.15 Å². The number of hydrogen-bond acceptors (Lipinski definition) is 5. The molecule has 0 unspecified atom stereocenters. The number of furan rings is 1. The van der Waals surface area contributed by atoms with Crippen LogP contribution in [-0.4, -0.2) is 65.3 Å². The molecule has 6 nitrogen and oxygen atoms in total. The van der Waals surface area contributed by atoms with Crippen molar-refractivity contribution >= 4 is 5.91 Å². The summed E-state index contributed by atoms with van der Waals surface area (Å²) in [6.45, 7) is 2.34. The number of likely N-dealkylation sites (tertiary alicyclic amines) is 2. The van der Waals surface area contributed by atoms with Crippen LogP contribution in [0.25, 0.3) is 0 Å². The van der Waals surface area contributed by atoms with Gasteiger partial charge in [-0.25, -0.2) is 8.78 Å². The van der Waals surface area contributed by atoms with Gasteiger partial charge in [-0.15, -0.1) is 0 Å². The van der Waals surface area contributed by atoms with Crippen LogP contribution in [0.15, 0.2) is 41.0 Å². The summed E-state index contributed by atoms with van der Waals surface area (Å²) in [5.74, 6) is -1.15. The van der Waals surface area contributed by atoms with Gasteiger partial charge in [-0.1, -0.05) is 0 Å². The van der Waals surface area contributed by atoms with Crippen molar-refractivity contribution in [2.75, 3.05) is 32.8 Å². The third-order valence-electron chi connectivity index (χ3n) is 6.42. The third kappa shape index (κ3) is 3.15. The molecule has 154 valence electrons. The minimum absolute atomic E-state index is 0.0255. The van der Waals surface area contributed by atoms with E-state index in [1.54, 1.807) is 17.0 Å². The van der Waals surface area contributed by atoms with E-state index in [2.05, 4.69) is 4.90 Å². The first kappa shape index (κ1) is 18.7. The second kappa shape index (κ2) is 6.90. The Balaban J connectivity index is 1.38. The van der Waals surface area contributed by atoms with Crippen molar-refractivity contribution in [1.82, 2.24) is 9.80 Å². The smallest absolute Gasteiger partial charge is 0.289 e. The molecular weight excluding hydrogens is 382 g/mol. The molecule has 1 aromatic carbocycles. The lowest BCUT2D eigenvalue weighted by molar-refractivity contribution is -0.108. The van der Waals surface area contributed by atoms with Crippen LogP contribution in [-0.2, 0) is 11.3 Å². The summed E-state index contributed by atoms with van der Waals surface area (Å²) in [7, 11) is 0. The summed E-state index contributed by atoms with van der Waals surface area (Å²) >= 11 is 0. The summed E-state index contributed by atoms with van der Waals surface area (Å²) in [6.07, 6.45) is 1.24. The zero-order chi connectivity index (χ0) is 20.2. The van der Waals surface area contributed by atoms with Crippen LogP contribution >= 0.6 is 0 Å². The maximum absolute atomic E-state index is 13.6. The fourth-order valence-electron chi connectivity index (χ4n) is 5.32. The van der Waals surface area contributed by atoms with Gasteiger partial charge in [0.2, 0.25) is 0 Å². The molecule has 0 saturated carbocycles. The van der Waals surface area contributed by atoms with E-state index < -0.39 is 17.2 Å².